The average Bonchev–Trinajstić information content (AvgIpc) is 2.43. The molecule has 0 aliphatic heterocycles. The van der Waals surface area contributed by atoms with Crippen LogP contribution in [0.25, 0.3) is 0 Å². The molecule has 0 amide bonds. The molecule has 0 radical (unpaired) electrons. The molecule has 0 saturated carbocycles. The number of aryl methyl sites for hydroxylation is 1. The van der Waals surface area contributed by atoms with Crippen molar-refractivity contribution in [1.29, 1.82) is 0 Å². The fraction of sp³-hybridized carbons (Fsp3) is 0.733. The van der Waals surface area contributed by atoms with E-state index in [9.17, 15) is 5.11 Å². The number of aliphatic hydroxyl groups is 1. The van der Waals surface area contributed by atoms with Gasteiger partial charge in [0.25, 0.3) is 0 Å². The van der Waals surface area contributed by atoms with Gasteiger partial charge in [0.15, 0.2) is 0 Å². The van der Waals surface area contributed by atoms with Crippen LogP contribution < -0.4 is 5.32 Å². The molecule has 1 unspecified atom stereocenters. The number of ether oxygens (including phenoxy) is 1. The van der Waals surface area contributed by atoms with E-state index in [-0.39, 0.29) is 0 Å². The lowest BCUT2D eigenvalue weighted by Crippen LogP contribution is -2.30. The van der Waals surface area contributed by atoms with E-state index in [0.29, 0.717) is 19.7 Å². The Labute approximate surface area is 121 Å². The number of nitrogens with one attached hydrogen (secondary N) is 1. The van der Waals surface area contributed by atoms with Gasteiger partial charge in [0.2, 0.25) is 0 Å². The van der Waals surface area contributed by atoms with Crippen molar-refractivity contribution in [2.45, 2.75) is 52.2 Å². The summed E-state index contributed by atoms with van der Waals surface area (Å²) in [5.41, 5.74) is 0.935. The second-order valence-corrected chi connectivity index (χ2v) is 5.02. The van der Waals surface area contributed by atoms with Crippen LogP contribution in [0.1, 0.15) is 44.1 Å². The molecule has 5 heteroatoms. The van der Waals surface area contributed by atoms with E-state index >= 15 is 0 Å². The topological polar surface area (TPSA) is 67.3 Å². The van der Waals surface area contributed by atoms with Crippen LogP contribution >= 0.6 is 0 Å². The predicted octanol–water partition coefficient (Wildman–Crippen LogP) is 1.83. The number of unbranched alkanes of at least 4 members (excludes halogenated alkanes) is 3. The molecule has 1 aromatic rings. The van der Waals surface area contributed by atoms with Crippen molar-refractivity contribution in [1.82, 2.24) is 15.3 Å². The van der Waals surface area contributed by atoms with Crippen molar-refractivity contribution >= 4 is 0 Å². The third-order valence-electron chi connectivity index (χ3n) is 2.97. The number of nitrogens with zero attached hydrogens (tertiary/aromatic N) is 2. The van der Waals surface area contributed by atoms with Crippen molar-refractivity contribution in [3.63, 3.8) is 0 Å². The molecule has 1 aromatic heterocycles. The molecule has 0 bridgehead atoms. The largest absolute Gasteiger partial charge is 0.389 e. The number of aromatic nitrogens is 2. The first-order valence-corrected chi connectivity index (χ1v) is 7.47. The lowest BCUT2D eigenvalue weighted by molar-refractivity contribution is 0.0353. The Morgan fingerprint density at radius 1 is 1.35 bits per heavy atom. The summed E-state index contributed by atoms with van der Waals surface area (Å²) in [5.74, 6) is 0.764. The van der Waals surface area contributed by atoms with Crippen LogP contribution in [0.5, 0.6) is 0 Å². The lowest BCUT2D eigenvalue weighted by Gasteiger charge is -2.12. The van der Waals surface area contributed by atoms with Gasteiger partial charge in [-0.2, -0.15) is 0 Å². The van der Waals surface area contributed by atoms with Crippen LogP contribution in [0.15, 0.2) is 12.3 Å². The summed E-state index contributed by atoms with van der Waals surface area (Å²) in [7, 11) is 0. The van der Waals surface area contributed by atoms with Gasteiger partial charge >= 0.3 is 0 Å². The van der Waals surface area contributed by atoms with Crippen molar-refractivity contribution < 1.29 is 9.84 Å². The van der Waals surface area contributed by atoms with Gasteiger partial charge in [0.1, 0.15) is 5.82 Å². The predicted molar refractivity (Wildman–Crippen MR) is 79.4 cm³/mol. The zero-order valence-corrected chi connectivity index (χ0v) is 12.6. The maximum absolute atomic E-state index is 9.76. The second-order valence-electron chi connectivity index (χ2n) is 5.02. The SMILES string of the molecule is CCCCCCOCC(O)CNCc1ccnc(C)n1. The molecule has 0 fully saturated rings. The van der Waals surface area contributed by atoms with E-state index in [0.717, 1.165) is 24.5 Å². The smallest absolute Gasteiger partial charge is 0.125 e. The highest BCUT2D eigenvalue weighted by Gasteiger charge is 2.04. The van der Waals surface area contributed by atoms with E-state index in [1.165, 1.54) is 19.3 Å². The van der Waals surface area contributed by atoms with E-state index < -0.39 is 6.10 Å². The fourth-order valence-corrected chi connectivity index (χ4v) is 1.88. The Hall–Kier alpha value is -1.04. The van der Waals surface area contributed by atoms with Crippen LogP contribution in [-0.2, 0) is 11.3 Å². The van der Waals surface area contributed by atoms with Gasteiger partial charge in [-0.05, 0) is 19.4 Å². The van der Waals surface area contributed by atoms with Crippen LogP contribution in [-0.4, -0.2) is 40.9 Å². The maximum Gasteiger partial charge on any atom is 0.125 e. The molecule has 0 aliphatic carbocycles. The average molecular weight is 281 g/mol. The molecule has 20 heavy (non-hydrogen) atoms. The molecular formula is C15H27N3O2. The summed E-state index contributed by atoms with van der Waals surface area (Å²) in [4.78, 5) is 8.33. The molecule has 2 N–H and O–H groups in total. The summed E-state index contributed by atoms with van der Waals surface area (Å²) in [6.07, 6.45) is 6.05. The summed E-state index contributed by atoms with van der Waals surface area (Å²) in [6, 6.07) is 1.87. The minimum Gasteiger partial charge on any atom is -0.389 e. The maximum atomic E-state index is 9.76. The number of rotatable bonds is 11. The lowest BCUT2D eigenvalue weighted by atomic mass is 10.2. The van der Waals surface area contributed by atoms with E-state index in [2.05, 4.69) is 22.2 Å². The minimum atomic E-state index is -0.468. The summed E-state index contributed by atoms with van der Waals surface area (Å²) in [5, 5.41) is 12.9. The van der Waals surface area contributed by atoms with Gasteiger partial charge in [-0.25, -0.2) is 9.97 Å². The summed E-state index contributed by atoms with van der Waals surface area (Å²) >= 11 is 0. The van der Waals surface area contributed by atoms with E-state index in [4.69, 9.17) is 4.74 Å². The first-order valence-electron chi connectivity index (χ1n) is 7.47. The van der Waals surface area contributed by atoms with Crippen LogP contribution in [0, 0.1) is 6.92 Å². The van der Waals surface area contributed by atoms with Crippen molar-refractivity contribution in [3.8, 4) is 0 Å². The monoisotopic (exact) mass is 281 g/mol. The van der Waals surface area contributed by atoms with Crippen LogP contribution in [0.2, 0.25) is 0 Å². The van der Waals surface area contributed by atoms with Gasteiger partial charge in [-0.15, -0.1) is 0 Å². The molecule has 0 aliphatic rings. The van der Waals surface area contributed by atoms with E-state index in [1.807, 2.05) is 13.0 Å². The highest BCUT2D eigenvalue weighted by Crippen LogP contribution is 1.99. The molecule has 0 spiro atoms. The second kappa shape index (κ2) is 10.7. The van der Waals surface area contributed by atoms with Gasteiger partial charge in [-0.1, -0.05) is 26.2 Å². The molecule has 1 heterocycles. The van der Waals surface area contributed by atoms with Crippen molar-refractivity contribution in [2.75, 3.05) is 19.8 Å². The van der Waals surface area contributed by atoms with Crippen LogP contribution in [0.4, 0.5) is 0 Å². The normalized spacial score (nSPS) is 12.6. The van der Waals surface area contributed by atoms with E-state index in [1.54, 1.807) is 6.20 Å². The Morgan fingerprint density at radius 3 is 2.95 bits per heavy atom. The third kappa shape index (κ3) is 8.19. The molecule has 0 saturated heterocycles. The molecule has 1 rings (SSSR count). The standard InChI is InChI=1S/C15H27N3O2/c1-3-4-5-6-9-20-12-15(19)11-16-10-14-7-8-17-13(2)18-14/h7-8,15-16,19H,3-6,9-12H2,1-2H3. The van der Waals surface area contributed by atoms with Crippen LogP contribution in [0.3, 0.4) is 0 Å². The Morgan fingerprint density at radius 2 is 2.20 bits per heavy atom. The highest BCUT2D eigenvalue weighted by atomic mass is 16.5. The van der Waals surface area contributed by atoms with Crippen molar-refractivity contribution in [3.05, 3.63) is 23.8 Å². The molecule has 114 valence electrons. The first-order chi connectivity index (χ1) is 9.72. The molecule has 5 nitrogen and oxygen atoms in total. The quantitative estimate of drug-likeness (QED) is 0.606. The molecule has 0 aromatic carbocycles. The summed E-state index contributed by atoms with van der Waals surface area (Å²) < 4.78 is 5.45. The number of hydrogen-bond acceptors (Lipinski definition) is 5. The highest BCUT2D eigenvalue weighted by molar-refractivity contribution is 5.00. The molecular weight excluding hydrogens is 254 g/mol. The minimum absolute atomic E-state index is 0.391. The Balaban J connectivity index is 2.01. The molecule has 1 atom stereocenters. The summed E-state index contributed by atoms with van der Waals surface area (Å²) in [6.45, 7) is 6.33. The number of hydrogen-bond donors (Lipinski definition) is 2. The van der Waals surface area contributed by atoms with Gasteiger partial charge in [-0.3, -0.25) is 0 Å². The van der Waals surface area contributed by atoms with Gasteiger partial charge in [0, 0.05) is 25.9 Å². The third-order valence-corrected chi connectivity index (χ3v) is 2.97. The Kier molecular flexibility index (Phi) is 9.11. The first kappa shape index (κ1) is 17.0. The Bertz CT molecular complexity index is 361. The van der Waals surface area contributed by atoms with Gasteiger partial charge in [0.05, 0.1) is 18.4 Å². The zero-order chi connectivity index (χ0) is 14.6. The fourth-order valence-electron chi connectivity index (χ4n) is 1.88. The number of aliphatic hydroxyl groups excluding tert-OH is 1. The zero-order valence-electron chi connectivity index (χ0n) is 12.6. The van der Waals surface area contributed by atoms with Gasteiger partial charge < -0.3 is 15.2 Å². The van der Waals surface area contributed by atoms with Crippen molar-refractivity contribution in [2.24, 2.45) is 0 Å².